The third kappa shape index (κ3) is 3.98. The molecule has 0 aliphatic heterocycles. The maximum atomic E-state index is 12.6. The highest BCUT2D eigenvalue weighted by Gasteiger charge is 2.13. The Balaban J connectivity index is 1.80. The summed E-state index contributed by atoms with van der Waals surface area (Å²) in [6, 6.07) is 14.6. The summed E-state index contributed by atoms with van der Waals surface area (Å²) in [5, 5.41) is 4.06. The average Bonchev–Trinajstić information content (AvgIpc) is 3.27. The molecule has 144 valence electrons. The smallest absolute Gasteiger partial charge is 0.273 e. The first-order valence-electron chi connectivity index (χ1n) is 8.53. The number of carbonyl (C=O) groups excluding carboxylic acids is 1. The van der Waals surface area contributed by atoms with Crippen LogP contribution in [0.15, 0.2) is 66.0 Å². The zero-order valence-corrected chi connectivity index (χ0v) is 15.9. The van der Waals surface area contributed by atoms with Gasteiger partial charge in [-0.2, -0.15) is 5.10 Å². The molecule has 1 heterocycles. The summed E-state index contributed by atoms with van der Waals surface area (Å²) in [6.45, 7) is 0. The SMILES string of the molecule is COc1cc(/C=N\NC(=O)c2ccccc2-n2cccc2)cc(OC)c1OC. The van der Waals surface area contributed by atoms with E-state index in [-0.39, 0.29) is 5.91 Å². The van der Waals surface area contributed by atoms with E-state index in [0.717, 1.165) is 5.69 Å². The van der Waals surface area contributed by atoms with Gasteiger partial charge in [0, 0.05) is 18.0 Å². The lowest BCUT2D eigenvalue weighted by Gasteiger charge is -2.12. The Morgan fingerprint density at radius 1 is 0.964 bits per heavy atom. The number of nitrogens with zero attached hydrogens (tertiary/aromatic N) is 2. The van der Waals surface area contributed by atoms with Gasteiger partial charge in [0.2, 0.25) is 5.75 Å². The van der Waals surface area contributed by atoms with E-state index in [9.17, 15) is 4.79 Å². The summed E-state index contributed by atoms with van der Waals surface area (Å²) in [5.41, 5.74) is 4.53. The molecule has 0 bridgehead atoms. The molecule has 0 unspecified atom stereocenters. The normalized spacial score (nSPS) is 10.7. The summed E-state index contributed by atoms with van der Waals surface area (Å²) < 4.78 is 17.8. The van der Waals surface area contributed by atoms with Gasteiger partial charge in [-0.15, -0.1) is 0 Å². The van der Waals surface area contributed by atoms with Gasteiger partial charge in [0.15, 0.2) is 11.5 Å². The Hall–Kier alpha value is -3.74. The first-order valence-corrected chi connectivity index (χ1v) is 8.53. The molecular weight excluding hydrogens is 358 g/mol. The monoisotopic (exact) mass is 379 g/mol. The second-order valence-corrected chi connectivity index (χ2v) is 5.77. The zero-order chi connectivity index (χ0) is 19.9. The Labute approximate surface area is 163 Å². The number of hydrogen-bond donors (Lipinski definition) is 1. The van der Waals surface area contributed by atoms with Crippen molar-refractivity contribution >= 4 is 12.1 Å². The lowest BCUT2D eigenvalue weighted by atomic mass is 10.1. The first kappa shape index (κ1) is 19.0. The van der Waals surface area contributed by atoms with Crippen molar-refractivity contribution in [3.63, 3.8) is 0 Å². The molecule has 0 saturated heterocycles. The van der Waals surface area contributed by atoms with Gasteiger partial charge in [0.25, 0.3) is 5.91 Å². The molecule has 0 fully saturated rings. The predicted octanol–water partition coefficient (Wildman–Crippen LogP) is 3.27. The maximum absolute atomic E-state index is 12.6. The fourth-order valence-electron chi connectivity index (χ4n) is 2.79. The van der Waals surface area contributed by atoms with E-state index in [1.165, 1.54) is 27.5 Å². The molecule has 0 aliphatic rings. The van der Waals surface area contributed by atoms with Crippen LogP contribution in [-0.4, -0.2) is 38.0 Å². The number of amides is 1. The second-order valence-electron chi connectivity index (χ2n) is 5.77. The van der Waals surface area contributed by atoms with Crippen LogP contribution < -0.4 is 19.6 Å². The van der Waals surface area contributed by atoms with Gasteiger partial charge in [0.05, 0.1) is 38.8 Å². The van der Waals surface area contributed by atoms with Crippen molar-refractivity contribution in [2.24, 2.45) is 5.10 Å². The zero-order valence-electron chi connectivity index (χ0n) is 15.9. The molecular formula is C21H21N3O4. The Bertz CT molecular complexity index is 956. The number of hydrazone groups is 1. The number of hydrogen-bond acceptors (Lipinski definition) is 5. The third-order valence-electron chi connectivity index (χ3n) is 4.10. The second kappa shape index (κ2) is 8.77. The van der Waals surface area contributed by atoms with Gasteiger partial charge >= 0.3 is 0 Å². The van der Waals surface area contributed by atoms with Crippen LogP contribution in [0.2, 0.25) is 0 Å². The number of ether oxygens (including phenoxy) is 3. The average molecular weight is 379 g/mol. The highest BCUT2D eigenvalue weighted by atomic mass is 16.5. The van der Waals surface area contributed by atoms with E-state index in [4.69, 9.17) is 14.2 Å². The molecule has 2 aromatic carbocycles. The van der Waals surface area contributed by atoms with Crippen molar-refractivity contribution in [3.8, 4) is 22.9 Å². The van der Waals surface area contributed by atoms with Crippen LogP contribution in [0.1, 0.15) is 15.9 Å². The molecule has 0 saturated carbocycles. The highest BCUT2D eigenvalue weighted by molar-refractivity contribution is 5.98. The van der Waals surface area contributed by atoms with E-state index < -0.39 is 0 Å². The molecule has 28 heavy (non-hydrogen) atoms. The molecule has 1 amide bonds. The van der Waals surface area contributed by atoms with Crippen molar-refractivity contribution in [2.75, 3.05) is 21.3 Å². The standard InChI is InChI=1S/C21H21N3O4/c1-26-18-12-15(13-19(27-2)20(18)28-3)14-22-23-21(25)16-8-4-5-9-17(16)24-10-6-7-11-24/h4-14H,1-3H3,(H,23,25)/b22-14-. The lowest BCUT2D eigenvalue weighted by molar-refractivity contribution is 0.0955. The topological polar surface area (TPSA) is 74.1 Å². The number of benzene rings is 2. The van der Waals surface area contributed by atoms with Gasteiger partial charge in [-0.05, 0) is 36.4 Å². The number of para-hydroxylation sites is 1. The van der Waals surface area contributed by atoms with Gasteiger partial charge in [0.1, 0.15) is 0 Å². The summed E-state index contributed by atoms with van der Waals surface area (Å²) >= 11 is 0. The molecule has 0 radical (unpaired) electrons. The van der Waals surface area contributed by atoms with Crippen molar-refractivity contribution in [3.05, 3.63) is 72.1 Å². The number of aromatic nitrogens is 1. The van der Waals surface area contributed by atoms with Crippen LogP contribution in [0.25, 0.3) is 5.69 Å². The molecule has 3 aromatic rings. The van der Waals surface area contributed by atoms with E-state index in [0.29, 0.717) is 28.4 Å². The highest BCUT2D eigenvalue weighted by Crippen LogP contribution is 2.37. The van der Waals surface area contributed by atoms with Gasteiger partial charge < -0.3 is 18.8 Å². The van der Waals surface area contributed by atoms with E-state index in [1.54, 1.807) is 18.2 Å². The number of carbonyl (C=O) groups is 1. The summed E-state index contributed by atoms with van der Waals surface area (Å²) in [6.07, 6.45) is 5.28. The first-order chi connectivity index (χ1) is 13.7. The fraction of sp³-hybridized carbons (Fsp3) is 0.143. The van der Waals surface area contributed by atoms with Crippen LogP contribution in [0.3, 0.4) is 0 Å². The Kier molecular flexibility index (Phi) is 5.96. The largest absolute Gasteiger partial charge is 0.493 e. The molecule has 7 heteroatoms. The van der Waals surface area contributed by atoms with E-state index in [1.807, 2.05) is 47.3 Å². The summed E-state index contributed by atoms with van der Waals surface area (Å²) in [7, 11) is 4.62. The predicted molar refractivity (Wildman–Crippen MR) is 107 cm³/mol. The van der Waals surface area contributed by atoms with Crippen LogP contribution in [0, 0.1) is 0 Å². The van der Waals surface area contributed by atoms with Crippen molar-refractivity contribution in [2.45, 2.75) is 0 Å². The molecule has 0 spiro atoms. The molecule has 7 nitrogen and oxygen atoms in total. The van der Waals surface area contributed by atoms with Crippen molar-refractivity contribution in [1.29, 1.82) is 0 Å². The number of methoxy groups -OCH3 is 3. The molecule has 0 aliphatic carbocycles. The minimum atomic E-state index is -0.312. The Morgan fingerprint density at radius 3 is 2.21 bits per heavy atom. The van der Waals surface area contributed by atoms with Crippen LogP contribution in [0.4, 0.5) is 0 Å². The molecule has 0 atom stereocenters. The van der Waals surface area contributed by atoms with Crippen LogP contribution >= 0.6 is 0 Å². The summed E-state index contributed by atoms with van der Waals surface area (Å²) in [4.78, 5) is 12.6. The summed E-state index contributed by atoms with van der Waals surface area (Å²) in [5.74, 6) is 1.19. The van der Waals surface area contributed by atoms with Crippen molar-refractivity contribution in [1.82, 2.24) is 9.99 Å². The van der Waals surface area contributed by atoms with Gasteiger partial charge in [-0.3, -0.25) is 4.79 Å². The minimum absolute atomic E-state index is 0.312. The van der Waals surface area contributed by atoms with Crippen LogP contribution in [-0.2, 0) is 0 Å². The van der Waals surface area contributed by atoms with E-state index >= 15 is 0 Å². The van der Waals surface area contributed by atoms with Crippen molar-refractivity contribution < 1.29 is 19.0 Å². The maximum Gasteiger partial charge on any atom is 0.273 e. The third-order valence-corrected chi connectivity index (χ3v) is 4.10. The van der Waals surface area contributed by atoms with Crippen LogP contribution in [0.5, 0.6) is 17.2 Å². The number of nitrogens with one attached hydrogen (secondary N) is 1. The fourth-order valence-corrected chi connectivity index (χ4v) is 2.79. The molecule has 3 rings (SSSR count). The minimum Gasteiger partial charge on any atom is -0.493 e. The lowest BCUT2D eigenvalue weighted by Crippen LogP contribution is -2.19. The quantitative estimate of drug-likeness (QED) is 0.505. The molecule has 1 N–H and O–H groups in total. The number of rotatable bonds is 7. The Morgan fingerprint density at radius 2 is 1.61 bits per heavy atom. The van der Waals surface area contributed by atoms with Gasteiger partial charge in [-0.1, -0.05) is 12.1 Å². The van der Waals surface area contributed by atoms with Gasteiger partial charge in [-0.25, -0.2) is 5.43 Å². The molecule has 1 aromatic heterocycles. The van der Waals surface area contributed by atoms with E-state index in [2.05, 4.69) is 10.5 Å².